The van der Waals surface area contributed by atoms with E-state index in [0.717, 1.165) is 16.5 Å². The fourth-order valence-electron chi connectivity index (χ4n) is 2.78. The van der Waals surface area contributed by atoms with Crippen LogP contribution in [0.25, 0.3) is 10.1 Å². The Kier molecular flexibility index (Phi) is 6.16. The summed E-state index contributed by atoms with van der Waals surface area (Å²) >= 11 is 1.30. The Morgan fingerprint density at radius 3 is 2.32 bits per heavy atom. The lowest BCUT2D eigenvalue weighted by molar-refractivity contribution is 0.0602. The highest BCUT2D eigenvalue weighted by atomic mass is 32.1. The molecular formula is C21H22N2O4S. The van der Waals surface area contributed by atoms with Crippen LogP contribution in [0.4, 0.5) is 16.2 Å². The predicted octanol–water partition coefficient (Wildman–Crippen LogP) is 5.29. The molecule has 0 spiro atoms. The maximum atomic E-state index is 12.3. The van der Waals surface area contributed by atoms with Crippen LogP contribution in [-0.2, 0) is 11.2 Å². The molecule has 6 nitrogen and oxygen atoms in total. The average molecular weight is 398 g/mol. The number of aryl methyl sites for hydroxylation is 1. The molecule has 0 unspecified atom stereocenters. The third kappa shape index (κ3) is 4.26. The van der Waals surface area contributed by atoms with E-state index in [-0.39, 0.29) is 6.03 Å². The summed E-state index contributed by atoms with van der Waals surface area (Å²) in [6.45, 7) is 4.35. The van der Waals surface area contributed by atoms with Gasteiger partial charge in [0.1, 0.15) is 0 Å². The van der Waals surface area contributed by atoms with Gasteiger partial charge in [0, 0.05) is 21.5 Å². The quantitative estimate of drug-likeness (QED) is 0.553. The predicted molar refractivity (Wildman–Crippen MR) is 113 cm³/mol. The van der Waals surface area contributed by atoms with Crippen molar-refractivity contribution >= 4 is 44.8 Å². The zero-order valence-electron chi connectivity index (χ0n) is 16.0. The van der Waals surface area contributed by atoms with E-state index in [0.29, 0.717) is 28.6 Å². The SMILES string of the molecule is CCOc1c(C(=O)OC)sc2ccc(NC(=O)Nc3ccc(CC)cc3)cc12. The molecule has 28 heavy (non-hydrogen) atoms. The Balaban J connectivity index is 1.81. The highest BCUT2D eigenvalue weighted by molar-refractivity contribution is 7.21. The fraction of sp³-hybridized carbons (Fsp3) is 0.238. The Morgan fingerprint density at radius 1 is 1.00 bits per heavy atom. The van der Waals surface area contributed by atoms with Gasteiger partial charge >= 0.3 is 12.0 Å². The van der Waals surface area contributed by atoms with Crippen LogP contribution in [0.3, 0.4) is 0 Å². The minimum atomic E-state index is -0.438. The highest BCUT2D eigenvalue weighted by Gasteiger charge is 2.20. The first-order chi connectivity index (χ1) is 13.5. The van der Waals surface area contributed by atoms with Crippen LogP contribution in [0.2, 0.25) is 0 Å². The Bertz CT molecular complexity index is 996. The van der Waals surface area contributed by atoms with Crippen molar-refractivity contribution in [2.24, 2.45) is 0 Å². The van der Waals surface area contributed by atoms with Crippen LogP contribution in [0.15, 0.2) is 42.5 Å². The van der Waals surface area contributed by atoms with E-state index in [9.17, 15) is 9.59 Å². The van der Waals surface area contributed by atoms with Gasteiger partial charge < -0.3 is 20.1 Å². The molecule has 0 aliphatic rings. The molecule has 0 atom stereocenters. The lowest BCUT2D eigenvalue weighted by Gasteiger charge is -2.09. The number of ether oxygens (including phenoxy) is 2. The summed E-state index contributed by atoms with van der Waals surface area (Å²) in [7, 11) is 1.34. The molecule has 0 bridgehead atoms. The van der Waals surface area contributed by atoms with Gasteiger partial charge in [0.25, 0.3) is 0 Å². The van der Waals surface area contributed by atoms with Crippen molar-refractivity contribution in [1.82, 2.24) is 0 Å². The second-order valence-corrected chi connectivity index (χ2v) is 7.08. The molecule has 0 saturated heterocycles. The van der Waals surface area contributed by atoms with Crippen molar-refractivity contribution in [3.8, 4) is 5.75 Å². The van der Waals surface area contributed by atoms with Gasteiger partial charge in [0.05, 0.1) is 13.7 Å². The first-order valence-electron chi connectivity index (χ1n) is 9.00. The number of nitrogens with one attached hydrogen (secondary N) is 2. The summed E-state index contributed by atoms with van der Waals surface area (Å²) in [6.07, 6.45) is 0.947. The largest absolute Gasteiger partial charge is 0.491 e. The second-order valence-electron chi connectivity index (χ2n) is 6.03. The number of hydrogen-bond acceptors (Lipinski definition) is 5. The maximum absolute atomic E-state index is 12.3. The molecule has 3 aromatic rings. The molecule has 0 aliphatic heterocycles. The number of anilines is 2. The zero-order chi connectivity index (χ0) is 20.1. The monoisotopic (exact) mass is 398 g/mol. The molecule has 7 heteroatoms. The standard InChI is InChI=1S/C21H22N2O4S/c1-4-13-6-8-14(9-7-13)22-21(25)23-15-10-11-17-16(12-15)18(27-5-2)19(28-17)20(24)26-3/h6-12H,4-5H2,1-3H3,(H2,22,23,25). The molecule has 146 valence electrons. The topological polar surface area (TPSA) is 76.7 Å². The number of hydrogen-bond donors (Lipinski definition) is 2. The number of amides is 2. The minimum Gasteiger partial charge on any atom is -0.491 e. The molecule has 0 saturated carbocycles. The molecule has 2 N–H and O–H groups in total. The summed E-state index contributed by atoms with van der Waals surface area (Å²) in [5.74, 6) is 0.0426. The van der Waals surface area contributed by atoms with Crippen molar-refractivity contribution in [2.75, 3.05) is 24.4 Å². The van der Waals surface area contributed by atoms with Crippen molar-refractivity contribution in [1.29, 1.82) is 0 Å². The van der Waals surface area contributed by atoms with E-state index >= 15 is 0 Å². The van der Waals surface area contributed by atoms with Crippen LogP contribution in [0.5, 0.6) is 5.75 Å². The Morgan fingerprint density at radius 2 is 1.68 bits per heavy atom. The fourth-order valence-corrected chi connectivity index (χ4v) is 3.83. The van der Waals surface area contributed by atoms with E-state index in [1.807, 2.05) is 37.3 Å². The van der Waals surface area contributed by atoms with E-state index in [1.165, 1.54) is 24.0 Å². The van der Waals surface area contributed by atoms with Gasteiger partial charge in [0.2, 0.25) is 0 Å². The van der Waals surface area contributed by atoms with Crippen molar-refractivity contribution in [3.05, 3.63) is 52.9 Å². The number of esters is 1. The normalized spacial score (nSPS) is 10.5. The number of rotatable bonds is 6. The highest BCUT2D eigenvalue weighted by Crippen LogP contribution is 2.39. The number of thiophene rings is 1. The zero-order valence-corrected chi connectivity index (χ0v) is 16.8. The molecule has 1 aromatic heterocycles. The van der Waals surface area contributed by atoms with Gasteiger partial charge in [0.15, 0.2) is 10.6 Å². The maximum Gasteiger partial charge on any atom is 0.351 e. The van der Waals surface area contributed by atoms with Crippen molar-refractivity contribution < 1.29 is 19.1 Å². The number of methoxy groups -OCH3 is 1. The average Bonchev–Trinajstić information content (AvgIpc) is 3.06. The first-order valence-corrected chi connectivity index (χ1v) is 9.82. The van der Waals surface area contributed by atoms with Crippen molar-refractivity contribution in [3.63, 3.8) is 0 Å². The molecule has 1 heterocycles. The van der Waals surface area contributed by atoms with E-state index in [1.54, 1.807) is 12.1 Å². The Hall–Kier alpha value is -3.06. The van der Waals surface area contributed by atoms with Gasteiger partial charge in [-0.05, 0) is 49.2 Å². The van der Waals surface area contributed by atoms with Gasteiger partial charge in [-0.15, -0.1) is 11.3 Å². The summed E-state index contributed by atoms with van der Waals surface area (Å²) < 4.78 is 11.4. The van der Waals surface area contributed by atoms with Crippen molar-refractivity contribution in [2.45, 2.75) is 20.3 Å². The Labute approximate surface area is 167 Å². The molecule has 2 aromatic carbocycles. The number of fused-ring (bicyclic) bond motifs is 1. The van der Waals surface area contributed by atoms with Crippen LogP contribution in [0, 0.1) is 0 Å². The van der Waals surface area contributed by atoms with Crippen LogP contribution in [0.1, 0.15) is 29.1 Å². The lowest BCUT2D eigenvalue weighted by atomic mass is 10.1. The van der Waals surface area contributed by atoms with E-state index < -0.39 is 5.97 Å². The van der Waals surface area contributed by atoms with Gasteiger partial charge in [-0.25, -0.2) is 9.59 Å². The van der Waals surface area contributed by atoms with Crippen LogP contribution >= 0.6 is 11.3 Å². The molecule has 3 rings (SSSR count). The van der Waals surface area contributed by atoms with E-state index in [2.05, 4.69) is 17.6 Å². The van der Waals surface area contributed by atoms with Crippen LogP contribution < -0.4 is 15.4 Å². The third-order valence-corrected chi connectivity index (χ3v) is 5.31. The van der Waals surface area contributed by atoms with E-state index in [4.69, 9.17) is 9.47 Å². The molecular weight excluding hydrogens is 376 g/mol. The molecule has 2 amide bonds. The van der Waals surface area contributed by atoms with Crippen LogP contribution in [-0.4, -0.2) is 25.7 Å². The summed E-state index contributed by atoms with van der Waals surface area (Å²) in [5.41, 5.74) is 2.53. The molecule has 0 radical (unpaired) electrons. The number of urea groups is 1. The minimum absolute atomic E-state index is 0.343. The smallest absolute Gasteiger partial charge is 0.351 e. The summed E-state index contributed by atoms with van der Waals surface area (Å²) in [4.78, 5) is 24.8. The molecule has 0 aliphatic carbocycles. The summed E-state index contributed by atoms with van der Waals surface area (Å²) in [6, 6.07) is 12.8. The van der Waals surface area contributed by atoms with Gasteiger partial charge in [-0.2, -0.15) is 0 Å². The number of carbonyl (C=O) groups is 2. The summed E-state index contributed by atoms with van der Waals surface area (Å²) in [5, 5.41) is 6.39. The first kappa shape index (κ1) is 19.7. The third-order valence-electron chi connectivity index (χ3n) is 4.18. The lowest BCUT2D eigenvalue weighted by Crippen LogP contribution is -2.19. The van der Waals surface area contributed by atoms with Gasteiger partial charge in [-0.1, -0.05) is 19.1 Å². The number of carbonyl (C=O) groups excluding carboxylic acids is 2. The molecule has 0 fully saturated rings. The second kappa shape index (κ2) is 8.75. The number of benzene rings is 2. The van der Waals surface area contributed by atoms with Gasteiger partial charge in [-0.3, -0.25) is 0 Å².